The minimum Gasteiger partial charge on any atom is -0.451 e. The number of fused-ring (bicyclic) bond motifs is 1. The van der Waals surface area contributed by atoms with Crippen molar-refractivity contribution in [3.05, 3.63) is 70.5 Å². The van der Waals surface area contributed by atoms with Crippen LogP contribution in [-0.4, -0.2) is 17.9 Å². The molecule has 0 radical (unpaired) electrons. The standard InChI is InChI=1S/C19H17FO3/c1-12(23-19(22)14-7-9-17(20)10-8-14)18(21)16-6-5-13-3-2-4-15(13)11-16/h5-12H,2-4H2,1H3. The molecule has 0 aromatic heterocycles. The van der Waals surface area contributed by atoms with Gasteiger partial charge in [0.25, 0.3) is 0 Å². The van der Waals surface area contributed by atoms with E-state index in [4.69, 9.17) is 4.74 Å². The van der Waals surface area contributed by atoms with E-state index in [1.54, 1.807) is 13.0 Å². The van der Waals surface area contributed by atoms with Gasteiger partial charge in [-0.3, -0.25) is 4.79 Å². The van der Waals surface area contributed by atoms with Crippen LogP contribution in [0.2, 0.25) is 0 Å². The summed E-state index contributed by atoms with van der Waals surface area (Å²) in [4.78, 5) is 24.4. The molecule has 1 unspecified atom stereocenters. The number of hydrogen-bond acceptors (Lipinski definition) is 3. The van der Waals surface area contributed by atoms with Gasteiger partial charge in [-0.25, -0.2) is 9.18 Å². The van der Waals surface area contributed by atoms with Crippen molar-refractivity contribution in [2.75, 3.05) is 0 Å². The second kappa shape index (κ2) is 6.32. The van der Waals surface area contributed by atoms with Crippen LogP contribution in [-0.2, 0) is 17.6 Å². The van der Waals surface area contributed by atoms with Crippen LogP contribution >= 0.6 is 0 Å². The van der Waals surface area contributed by atoms with Crippen molar-refractivity contribution >= 4 is 11.8 Å². The molecule has 0 amide bonds. The summed E-state index contributed by atoms with van der Waals surface area (Å²) in [7, 11) is 0. The maximum atomic E-state index is 12.9. The Morgan fingerprint density at radius 1 is 1.00 bits per heavy atom. The van der Waals surface area contributed by atoms with Crippen LogP contribution in [0.3, 0.4) is 0 Å². The summed E-state index contributed by atoms with van der Waals surface area (Å²) in [6.07, 6.45) is 2.27. The first-order chi connectivity index (χ1) is 11.0. The molecule has 0 heterocycles. The fourth-order valence-electron chi connectivity index (χ4n) is 2.83. The molecule has 118 valence electrons. The quantitative estimate of drug-likeness (QED) is 0.638. The molecule has 0 aliphatic heterocycles. The van der Waals surface area contributed by atoms with Crippen molar-refractivity contribution in [1.82, 2.24) is 0 Å². The number of hydrogen-bond donors (Lipinski definition) is 0. The topological polar surface area (TPSA) is 43.4 Å². The molecule has 0 fully saturated rings. The highest BCUT2D eigenvalue weighted by molar-refractivity contribution is 6.01. The van der Waals surface area contributed by atoms with Crippen molar-refractivity contribution in [3.8, 4) is 0 Å². The molecule has 2 aromatic carbocycles. The van der Waals surface area contributed by atoms with Gasteiger partial charge < -0.3 is 4.74 Å². The van der Waals surface area contributed by atoms with Crippen LogP contribution < -0.4 is 0 Å². The van der Waals surface area contributed by atoms with Crippen LogP contribution in [0.15, 0.2) is 42.5 Å². The number of aryl methyl sites for hydroxylation is 2. The van der Waals surface area contributed by atoms with Crippen molar-refractivity contribution in [1.29, 1.82) is 0 Å². The van der Waals surface area contributed by atoms with Crippen molar-refractivity contribution in [3.63, 3.8) is 0 Å². The molecule has 0 bridgehead atoms. The van der Waals surface area contributed by atoms with Crippen LogP contribution in [0.25, 0.3) is 0 Å². The average Bonchev–Trinajstić information content (AvgIpc) is 3.02. The SMILES string of the molecule is CC(OC(=O)c1ccc(F)cc1)C(=O)c1ccc2c(c1)CCC2. The lowest BCUT2D eigenvalue weighted by atomic mass is 10.0. The largest absolute Gasteiger partial charge is 0.451 e. The monoisotopic (exact) mass is 312 g/mol. The van der Waals surface area contributed by atoms with E-state index in [-0.39, 0.29) is 11.3 Å². The third kappa shape index (κ3) is 3.31. The number of ether oxygens (including phenoxy) is 1. The number of benzene rings is 2. The first kappa shape index (κ1) is 15.4. The fraction of sp³-hybridized carbons (Fsp3) is 0.263. The Morgan fingerprint density at radius 2 is 1.65 bits per heavy atom. The number of carbonyl (C=O) groups excluding carboxylic acids is 2. The Bertz CT molecular complexity index is 750. The van der Waals surface area contributed by atoms with E-state index < -0.39 is 17.9 Å². The average molecular weight is 312 g/mol. The molecule has 3 nitrogen and oxygen atoms in total. The lowest BCUT2D eigenvalue weighted by Gasteiger charge is -2.13. The zero-order valence-corrected chi connectivity index (χ0v) is 12.8. The summed E-state index contributed by atoms with van der Waals surface area (Å²) in [5, 5.41) is 0. The van der Waals surface area contributed by atoms with Gasteiger partial charge in [0.15, 0.2) is 6.10 Å². The Balaban J connectivity index is 1.70. The first-order valence-electron chi connectivity index (χ1n) is 7.67. The van der Waals surface area contributed by atoms with Gasteiger partial charge in [0, 0.05) is 5.56 Å². The zero-order chi connectivity index (χ0) is 16.4. The van der Waals surface area contributed by atoms with E-state index in [0.717, 1.165) is 19.3 Å². The number of rotatable bonds is 4. The maximum absolute atomic E-state index is 12.9. The van der Waals surface area contributed by atoms with Gasteiger partial charge in [-0.1, -0.05) is 12.1 Å². The Hall–Kier alpha value is -2.49. The smallest absolute Gasteiger partial charge is 0.338 e. The normalized spacial score (nSPS) is 14.2. The zero-order valence-electron chi connectivity index (χ0n) is 12.8. The van der Waals surface area contributed by atoms with E-state index in [0.29, 0.717) is 5.56 Å². The highest BCUT2D eigenvalue weighted by Gasteiger charge is 2.22. The van der Waals surface area contributed by atoms with Gasteiger partial charge >= 0.3 is 5.97 Å². The molecule has 4 heteroatoms. The summed E-state index contributed by atoms with van der Waals surface area (Å²) < 4.78 is 18.1. The van der Waals surface area contributed by atoms with Crippen LogP contribution in [0.1, 0.15) is 45.2 Å². The second-order valence-corrected chi connectivity index (χ2v) is 5.76. The summed E-state index contributed by atoms with van der Waals surface area (Å²) in [6.45, 7) is 1.55. The van der Waals surface area contributed by atoms with E-state index in [9.17, 15) is 14.0 Å². The number of Topliss-reactive ketones (excluding diaryl/α,β-unsaturated/α-hetero) is 1. The molecule has 0 saturated heterocycles. The summed E-state index contributed by atoms with van der Waals surface area (Å²) in [5.41, 5.74) is 3.27. The molecule has 2 aromatic rings. The first-order valence-corrected chi connectivity index (χ1v) is 7.67. The lowest BCUT2D eigenvalue weighted by molar-refractivity contribution is 0.0318. The summed E-state index contributed by atoms with van der Waals surface area (Å²) in [6, 6.07) is 10.7. The van der Waals surface area contributed by atoms with E-state index in [1.165, 1.54) is 35.4 Å². The fourth-order valence-corrected chi connectivity index (χ4v) is 2.83. The predicted molar refractivity (Wildman–Crippen MR) is 84.1 cm³/mol. The maximum Gasteiger partial charge on any atom is 0.338 e. The van der Waals surface area contributed by atoms with E-state index in [1.807, 2.05) is 12.1 Å². The minimum atomic E-state index is -0.882. The lowest BCUT2D eigenvalue weighted by Crippen LogP contribution is -2.24. The molecule has 1 aliphatic rings. The molecular weight excluding hydrogens is 295 g/mol. The van der Waals surface area contributed by atoms with Crippen LogP contribution in [0, 0.1) is 5.82 Å². The van der Waals surface area contributed by atoms with E-state index >= 15 is 0 Å². The van der Waals surface area contributed by atoms with Gasteiger partial charge in [-0.05, 0) is 67.6 Å². The summed E-state index contributed by atoms with van der Waals surface area (Å²) >= 11 is 0. The third-order valence-corrected chi connectivity index (χ3v) is 4.12. The van der Waals surface area contributed by atoms with Gasteiger partial charge in [0.1, 0.15) is 5.82 Å². The molecule has 0 N–H and O–H groups in total. The van der Waals surface area contributed by atoms with Crippen molar-refractivity contribution < 1.29 is 18.7 Å². The van der Waals surface area contributed by atoms with Gasteiger partial charge in [-0.2, -0.15) is 0 Å². The minimum absolute atomic E-state index is 0.222. The number of halogens is 1. The van der Waals surface area contributed by atoms with Gasteiger partial charge in [0.05, 0.1) is 5.56 Å². The predicted octanol–water partition coefficient (Wildman–Crippen LogP) is 3.74. The number of carbonyl (C=O) groups is 2. The van der Waals surface area contributed by atoms with Crippen molar-refractivity contribution in [2.24, 2.45) is 0 Å². The molecule has 1 aliphatic carbocycles. The molecular formula is C19H17FO3. The Labute approximate surface area is 134 Å². The highest BCUT2D eigenvalue weighted by atomic mass is 19.1. The van der Waals surface area contributed by atoms with Crippen molar-refractivity contribution in [2.45, 2.75) is 32.3 Å². The highest BCUT2D eigenvalue weighted by Crippen LogP contribution is 2.23. The Morgan fingerprint density at radius 3 is 2.39 bits per heavy atom. The molecule has 0 saturated carbocycles. The van der Waals surface area contributed by atoms with Gasteiger partial charge in [0.2, 0.25) is 5.78 Å². The van der Waals surface area contributed by atoms with Crippen LogP contribution in [0.4, 0.5) is 4.39 Å². The Kier molecular flexibility index (Phi) is 4.24. The summed E-state index contributed by atoms with van der Waals surface area (Å²) in [5.74, 6) is -1.29. The van der Waals surface area contributed by atoms with Crippen LogP contribution in [0.5, 0.6) is 0 Å². The molecule has 23 heavy (non-hydrogen) atoms. The number of ketones is 1. The second-order valence-electron chi connectivity index (χ2n) is 5.76. The number of esters is 1. The molecule has 3 rings (SSSR count). The molecule has 1 atom stereocenters. The molecule has 0 spiro atoms. The van der Waals surface area contributed by atoms with E-state index in [2.05, 4.69) is 0 Å². The van der Waals surface area contributed by atoms with Gasteiger partial charge in [-0.15, -0.1) is 0 Å². The third-order valence-electron chi connectivity index (χ3n) is 4.12.